The highest BCUT2D eigenvalue weighted by Crippen LogP contribution is 2.33. The number of hydrogen-bond acceptors (Lipinski definition) is 6. The number of amides is 1. The van der Waals surface area contributed by atoms with Crippen LogP contribution in [0.25, 0.3) is 0 Å². The molecule has 0 spiro atoms. The standard InChI is InChI=1S/C21H19N3O4/c1-26-17-5-3-2-4-16(17)24-21(25)14-8-9-22-20(12-14)23-15-6-7-18-19(13-15)28-11-10-27-18/h2-9,12-13H,10-11H2,1H3,(H,22,23)(H,24,25). The van der Waals surface area contributed by atoms with Gasteiger partial charge in [-0.25, -0.2) is 4.98 Å². The average Bonchev–Trinajstić information content (AvgIpc) is 2.74. The lowest BCUT2D eigenvalue weighted by atomic mass is 10.2. The summed E-state index contributed by atoms with van der Waals surface area (Å²) in [6.07, 6.45) is 1.58. The Morgan fingerprint density at radius 3 is 2.71 bits per heavy atom. The number of rotatable bonds is 5. The first-order valence-electron chi connectivity index (χ1n) is 8.80. The molecule has 1 aliphatic heterocycles. The largest absolute Gasteiger partial charge is 0.495 e. The highest BCUT2D eigenvalue weighted by atomic mass is 16.6. The molecular weight excluding hydrogens is 358 g/mol. The van der Waals surface area contributed by atoms with Gasteiger partial charge in [0.05, 0.1) is 12.8 Å². The zero-order valence-electron chi connectivity index (χ0n) is 15.3. The first-order valence-corrected chi connectivity index (χ1v) is 8.80. The molecule has 3 aromatic rings. The molecule has 28 heavy (non-hydrogen) atoms. The topological polar surface area (TPSA) is 81.7 Å². The van der Waals surface area contributed by atoms with Crippen molar-refractivity contribution in [3.63, 3.8) is 0 Å². The molecule has 2 heterocycles. The van der Waals surface area contributed by atoms with Crippen molar-refractivity contribution in [1.29, 1.82) is 0 Å². The molecular formula is C21H19N3O4. The molecule has 7 nitrogen and oxygen atoms in total. The van der Waals surface area contributed by atoms with Crippen LogP contribution in [0.1, 0.15) is 10.4 Å². The van der Waals surface area contributed by atoms with Crippen LogP contribution < -0.4 is 24.8 Å². The third-order valence-electron chi connectivity index (χ3n) is 4.19. The van der Waals surface area contributed by atoms with Gasteiger partial charge in [-0.2, -0.15) is 0 Å². The molecule has 7 heteroatoms. The number of carbonyl (C=O) groups is 1. The van der Waals surface area contributed by atoms with Crippen molar-refractivity contribution < 1.29 is 19.0 Å². The number of para-hydroxylation sites is 2. The van der Waals surface area contributed by atoms with Crippen molar-refractivity contribution in [2.45, 2.75) is 0 Å². The van der Waals surface area contributed by atoms with E-state index in [9.17, 15) is 4.79 Å². The molecule has 1 amide bonds. The van der Waals surface area contributed by atoms with E-state index < -0.39 is 0 Å². The molecule has 0 atom stereocenters. The minimum absolute atomic E-state index is 0.253. The van der Waals surface area contributed by atoms with E-state index in [1.54, 1.807) is 37.6 Å². The Morgan fingerprint density at radius 1 is 1.04 bits per heavy atom. The summed E-state index contributed by atoms with van der Waals surface area (Å²) >= 11 is 0. The van der Waals surface area contributed by atoms with Gasteiger partial charge in [0, 0.05) is 23.5 Å². The van der Waals surface area contributed by atoms with Crippen molar-refractivity contribution in [2.75, 3.05) is 31.0 Å². The van der Waals surface area contributed by atoms with Gasteiger partial charge in [0.1, 0.15) is 24.8 Å². The van der Waals surface area contributed by atoms with Gasteiger partial charge in [0.2, 0.25) is 0 Å². The third-order valence-corrected chi connectivity index (χ3v) is 4.19. The lowest BCUT2D eigenvalue weighted by molar-refractivity contribution is 0.102. The number of anilines is 3. The number of fused-ring (bicyclic) bond motifs is 1. The first-order chi connectivity index (χ1) is 13.7. The molecule has 4 rings (SSSR count). The predicted octanol–water partition coefficient (Wildman–Crippen LogP) is 3.86. The van der Waals surface area contributed by atoms with Crippen LogP contribution in [0.2, 0.25) is 0 Å². The number of carbonyl (C=O) groups excluding carboxylic acids is 1. The zero-order valence-corrected chi connectivity index (χ0v) is 15.3. The third kappa shape index (κ3) is 3.83. The van der Waals surface area contributed by atoms with Gasteiger partial charge in [-0.15, -0.1) is 0 Å². The van der Waals surface area contributed by atoms with Gasteiger partial charge in [0.15, 0.2) is 11.5 Å². The van der Waals surface area contributed by atoms with Crippen LogP contribution in [0.5, 0.6) is 17.2 Å². The van der Waals surface area contributed by atoms with E-state index in [0.717, 1.165) is 11.4 Å². The Hall–Kier alpha value is -3.74. The SMILES string of the molecule is COc1ccccc1NC(=O)c1ccnc(Nc2ccc3c(c2)OCCO3)c1. The number of ether oxygens (including phenoxy) is 3. The van der Waals surface area contributed by atoms with Crippen LogP contribution in [0.4, 0.5) is 17.2 Å². The second-order valence-corrected chi connectivity index (χ2v) is 6.07. The number of nitrogens with one attached hydrogen (secondary N) is 2. The number of benzene rings is 2. The van der Waals surface area contributed by atoms with Gasteiger partial charge >= 0.3 is 0 Å². The number of nitrogens with zero attached hydrogens (tertiary/aromatic N) is 1. The van der Waals surface area contributed by atoms with Gasteiger partial charge < -0.3 is 24.8 Å². The van der Waals surface area contributed by atoms with Crippen molar-refractivity contribution in [1.82, 2.24) is 4.98 Å². The van der Waals surface area contributed by atoms with E-state index in [-0.39, 0.29) is 5.91 Å². The Balaban J connectivity index is 1.50. The summed E-state index contributed by atoms with van der Waals surface area (Å²) in [5, 5.41) is 6.04. The summed E-state index contributed by atoms with van der Waals surface area (Å²) in [5.41, 5.74) is 1.87. The minimum atomic E-state index is -0.253. The molecule has 0 bridgehead atoms. The summed E-state index contributed by atoms with van der Waals surface area (Å²) in [5.74, 6) is 2.29. The summed E-state index contributed by atoms with van der Waals surface area (Å²) in [6, 6.07) is 16.1. The normalized spacial score (nSPS) is 12.2. The second-order valence-electron chi connectivity index (χ2n) is 6.07. The molecule has 142 valence electrons. The Kier molecular flexibility index (Phi) is 4.97. The van der Waals surface area contributed by atoms with Crippen LogP contribution in [-0.2, 0) is 0 Å². The van der Waals surface area contributed by atoms with E-state index in [0.29, 0.717) is 41.8 Å². The van der Waals surface area contributed by atoms with Gasteiger partial charge in [-0.3, -0.25) is 4.79 Å². The number of pyridine rings is 1. The monoisotopic (exact) mass is 377 g/mol. The van der Waals surface area contributed by atoms with E-state index in [4.69, 9.17) is 14.2 Å². The van der Waals surface area contributed by atoms with Crippen LogP contribution in [-0.4, -0.2) is 31.2 Å². The highest BCUT2D eigenvalue weighted by Gasteiger charge is 2.13. The second kappa shape index (κ2) is 7.87. The zero-order chi connectivity index (χ0) is 19.3. The molecule has 1 aromatic heterocycles. The molecule has 0 radical (unpaired) electrons. The molecule has 0 fully saturated rings. The molecule has 0 saturated heterocycles. The van der Waals surface area contributed by atoms with Crippen molar-refractivity contribution >= 4 is 23.1 Å². The molecule has 1 aliphatic rings. The number of aromatic nitrogens is 1. The fraction of sp³-hybridized carbons (Fsp3) is 0.143. The predicted molar refractivity (Wildman–Crippen MR) is 106 cm³/mol. The fourth-order valence-electron chi connectivity index (χ4n) is 2.85. The maximum absolute atomic E-state index is 12.6. The van der Waals surface area contributed by atoms with Gasteiger partial charge in [-0.1, -0.05) is 12.1 Å². The molecule has 2 aromatic carbocycles. The van der Waals surface area contributed by atoms with Gasteiger partial charge in [0.25, 0.3) is 5.91 Å². The summed E-state index contributed by atoms with van der Waals surface area (Å²) in [4.78, 5) is 16.9. The Morgan fingerprint density at radius 2 is 1.86 bits per heavy atom. The molecule has 0 saturated carbocycles. The quantitative estimate of drug-likeness (QED) is 0.703. The summed E-state index contributed by atoms with van der Waals surface area (Å²) in [6.45, 7) is 1.07. The van der Waals surface area contributed by atoms with Gasteiger partial charge in [-0.05, 0) is 36.4 Å². The highest BCUT2D eigenvalue weighted by molar-refractivity contribution is 6.05. The maximum atomic E-state index is 12.6. The van der Waals surface area contributed by atoms with Crippen molar-refractivity contribution in [3.05, 3.63) is 66.4 Å². The van der Waals surface area contributed by atoms with Crippen LogP contribution in [0.3, 0.4) is 0 Å². The fourth-order valence-corrected chi connectivity index (χ4v) is 2.85. The summed E-state index contributed by atoms with van der Waals surface area (Å²) < 4.78 is 16.4. The number of hydrogen-bond donors (Lipinski definition) is 2. The lowest BCUT2D eigenvalue weighted by Crippen LogP contribution is -2.15. The Labute approximate surface area is 162 Å². The molecule has 0 aliphatic carbocycles. The van der Waals surface area contributed by atoms with Crippen LogP contribution >= 0.6 is 0 Å². The van der Waals surface area contributed by atoms with Crippen LogP contribution in [0, 0.1) is 0 Å². The molecule has 2 N–H and O–H groups in total. The van der Waals surface area contributed by atoms with Crippen LogP contribution in [0.15, 0.2) is 60.8 Å². The minimum Gasteiger partial charge on any atom is -0.495 e. The van der Waals surface area contributed by atoms with E-state index in [2.05, 4.69) is 15.6 Å². The van der Waals surface area contributed by atoms with E-state index in [1.165, 1.54) is 0 Å². The number of methoxy groups -OCH3 is 1. The first kappa shape index (κ1) is 17.7. The smallest absolute Gasteiger partial charge is 0.255 e. The van der Waals surface area contributed by atoms with E-state index >= 15 is 0 Å². The van der Waals surface area contributed by atoms with Crippen molar-refractivity contribution in [2.24, 2.45) is 0 Å². The molecule has 0 unspecified atom stereocenters. The lowest BCUT2D eigenvalue weighted by Gasteiger charge is -2.19. The maximum Gasteiger partial charge on any atom is 0.255 e. The summed E-state index contributed by atoms with van der Waals surface area (Å²) in [7, 11) is 1.56. The van der Waals surface area contributed by atoms with E-state index in [1.807, 2.05) is 30.3 Å². The van der Waals surface area contributed by atoms with Crippen molar-refractivity contribution in [3.8, 4) is 17.2 Å². The average molecular weight is 377 g/mol. The Bertz CT molecular complexity index is 1010.